The van der Waals surface area contributed by atoms with E-state index in [4.69, 9.17) is 9.47 Å². The Bertz CT molecular complexity index is 918. The van der Waals surface area contributed by atoms with E-state index < -0.39 is 0 Å². The van der Waals surface area contributed by atoms with Gasteiger partial charge in [-0.25, -0.2) is 9.97 Å². The van der Waals surface area contributed by atoms with Gasteiger partial charge in [0.2, 0.25) is 0 Å². The van der Waals surface area contributed by atoms with Gasteiger partial charge in [0, 0.05) is 5.39 Å². The van der Waals surface area contributed by atoms with Crippen LogP contribution in [0.25, 0.3) is 10.9 Å². The number of benzene rings is 2. The summed E-state index contributed by atoms with van der Waals surface area (Å²) in [6, 6.07) is 14.6. The summed E-state index contributed by atoms with van der Waals surface area (Å²) in [6.07, 6.45) is 4.09. The standard InChI is InChI=1S/C20H19N3O2/c1-2-4-16-15(3-1)20(22-12-21-16)23-19(13-5-6-13)14-7-8-17-18(11-14)25-10-9-24-17/h1-4,7-8,11-13,19H,5-6,9-10H2,(H,21,22,23). The lowest BCUT2D eigenvalue weighted by atomic mass is 10.0. The number of fused-ring (bicyclic) bond motifs is 2. The number of aromatic nitrogens is 2. The number of nitrogens with zero attached hydrogens (tertiary/aromatic N) is 2. The molecule has 25 heavy (non-hydrogen) atoms. The number of para-hydroxylation sites is 1. The minimum atomic E-state index is 0.217. The number of ether oxygens (including phenoxy) is 2. The van der Waals surface area contributed by atoms with E-state index in [2.05, 4.69) is 33.5 Å². The Hall–Kier alpha value is -2.82. The molecule has 1 unspecified atom stereocenters. The van der Waals surface area contributed by atoms with Crippen LogP contribution in [0.2, 0.25) is 0 Å². The van der Waals surface area contributed by atoms with Gasteiger partial charge in [-0.05, 0) is 48.6 Å². The summed E-state index contributed by atoms with van der Waals surface area (Å²) in [5.41, 5.74) is 2.17. The van der Waals surface area contributed by atoms with E-state index in [0.29, 0.717) is 19.1 Å². The maximum atomic E-state index is 5.76. The van der Waals surface area contributed by atoms with Crippen LogP contribution in [0.1, 0.15) is 24.4 Å². The van der Waals surface area contributed by atoms with Gasteiger partial charge in [0.05, 0.1) is 11.6 Å². The van der Waals surface area contributed by atoms with Crippen LogP contribution in [0.3, 0.4) is 0 Å². The Morgan fingerprint density at radius 2 is 1.80 bits per heavy atom. The lowest BCUT2D eigenvalue weighted by Crippen LogP contribution is -2.17. The van der Waals surface area contributed by atoms with Crippen molar-refractivity contribution >= 4 is 16.7 Å². The zero-order valence-corrected chi connectivity index (χ0v) is 13.8. The fourth-order valence-corrected chi connectivity index (χ4v) is 3.42. The summed E-state index contributed by atoms with van der Waals surface area (Å²) < 4.78 is 11.4. The lowest BCUT2D eigenvalue weighted by Gasteiger charge is -2.23. The van der Waals surface area contributed by atoms with Crippen LogP contribution < -0.4 is 14.8 Å². The zero-order chi connectivity index (χ0) is 16.6. The molecule has 5 rings (SSSR count). The molecule has 1 aliphatic carbocycles. The van der Waals surface area contributed by atoms with E-state index in [0.717, 1.165) is 28.2 Å². The average molecular weight is 333 g/mol. The Morgan fingerprint density at radius 3 is 2.68 bits per heavy atom. The SMILES string of the molecule is c1ccc2c(NC(c3ccc4c(c3)OCCO4)C3CC3)ncnc2c1. The smallest absolute Gasteiger partial charge is 0.161 e. The summed E-state index contributed by atoms with van der Waals surface area (Å²) in [4.78, 5) is 8.84. The highest BCUT2D eigenvalue weighted by molar-refractivity contribution is 5.88. The largest absolute Gasteiger partial charge is 0.486 e. The van der Waals surface area contributed by atoms with E-state index >= 15 is 0 Å². The molecular formula is C20H19N3O2. The van der Waals surface area contributed by atoms with E-state index in [-0.39, 0.29) is 6.04 Å². The first-order chi connectivity index (χ1) is 12.4. The van der Waals surface area contributed by atoms with Gasteiger partial charge >= 0.3 is 0 Å². The Balaban J connectivity index is 1.51. The zero-order valence-electron chi connectivity index (χ0n) is 13.8. The molecule has 5 nitrogen and oxygen atoms in total. The minimum Gasteiger partial charge on any atom is -0.486 e. The summed E-state index contributed by atoms with van der Waals surface area (Å²) in [5, 5.41) is 4.71. The van der Waals surface area contributed by atoms with Crippen molar-refractivity contribution in [2.75, 3.05) is 18.5 Å². The molecule has 1 fully saturated rings. The molecule has 2 aliphatic rings. The molecular weight excluding hydrogens is 314 g/mol. The van der Waals surface area contributed by atoms with E-state index in [1.165, 1.54) is 18.4 Å². The van der Waals surface area contributed by atoms with Crippen molar-refractivity contribution in [1.82, 2.24) is 9.97 Å². The van der Waals surface area contributed by atoms with Crippen molar-refractivity contribution in [3.8, 4) is 11.5 Å². The average Bonchev–Trinajstić information content (AvgIpc) is 3.51. The molecule has 2 aromatic carbocycles. The van der Waals surface area contributed by atoms with Crippen LogP contribution in [-0.4, -0.2) is 23.2 Å². The van der Waals surface area contributed by atoms with E-state index in [1.807, 2.05) is 24.3 Å². The molecule has 2 heterocycles. The van der Waals surface area contributed by atoms with Crippen LogP contribution in [0.4, 0.5) is 5.82 Å². The van der Waals surface area contributed by atoms with Gasteiger partial charge < -0.3 is 14.8 Å². The molecule has 0 spiro atoms. The third-order valence-corrected chi connectivity index (χ3v) is 4.85. The van der Waals surface area contributed by atoms with Crippen molar-refractivity contribution < 1.29 is 9.47 Å². The van der Waals surface area contributed by atoms with Gasteiger partial charge in [0.25, 0.3) is 0 Å². The van der Waals surface area contributed by atoms with Gasteiger partial charge in [0.15, 0.2) is 11.5 Å². The second-order valence-corrected chi connectivity index (χ2v) is 6.60. The first-order valence-electron chi connectivity index (χ1n) is 8.74. The van der Waals surface area contributed by atoms with Crippen molar-refractivity contribution in [3.05, 3.63) is 54.4 Å². The van der Waals surface area contributed by atoms with Gasteiger partial charge in [-0.2, -0.15) is 0 Å². The predicted molar refractivity (Wildman–Crippen MR) is 96.1 cm³/mol. The molecule has 1 aliphatic heterocycles. The highest BCUT2D eigenvalue weighted by Crippen LogP contribution is 2.45. The molecule has 1 aromatic heterocycles. The van der Waals surface area contributed by atoms with Crippen molar-refractivity contribution in [2.24, 2.45) is 5.92 Å². The van der Waals surface area contributed by atoms with E-state index in [1.54, 1.807) is 6.33 Å². The fourth-order valence-electron chi connectivity index (χ4n) is 3.42. The van der Waals surface area contributed by atoms with Gasteiger partial charge in [-0.3, -0.25) is 0 Å². The molecule has 1 atom stereocenters. The topological polar surface area (TPSA) is 56.3 Å². The minimum absolute atomic E-state index is 0.217. The van der Waals surface area contributed by atoms with Gasteiger partial charge in [-0.1, -0.05) is 18.2 Å². The number of anilines is 1. The van der Waals surface area contributed by atoms with Crippen LogP contribution in [0.5, 0.6) is 11.5 Å². The Morgan fingerprint density at radius 1 is 0.960 bits per heavy atom. The lowest BCUT2D eigenvalue weighted by molar-refractivity contribution is 0.171. The molecule has 0 saturated heterocycles. The van der Waals surface area contributed by atoms with Gasteiger partial charge in [0.1, 0.15) is 25.4 Å². The second kappa shape index (κ2) is 5.92. The van der Waals surface area contributed by atoms with Crippen molar-refractivity contribution in [3.63, 3.8) is 0 Å². The molecule has 0 radical (unpaired) electrons. The van der Waals surface area contributed by atoms with Crippen molar-refractivity contribution in [2.45, 2.75) is 18.9 Å². The highest BCUT2D eigenvalue weighted by atomic mass is 16.6. The van der Waals surface area contributed by atoms with Gasteiger partial charge in [-0.15, -0.1) is 0 Å². The normalized spacial score (nSPS) is 17.3. The maximum Gasteiger partial charge on any atom is 0.161 e. The fraction of sp³-hybridized carbons (Fsp3) is 0.300. The summed E-state index contributed by atoms with van der Waals surface area (Å²) in [6.45, 7) is 1.22. The number of hydrogen-bond acceptors (Lipinski definition) is 5. The van der Waals surface area contributed by atoms with Crippen molar-refractivity contribution in [1.29, 1.82) is 0 Å². The molecule has 0 amide bonds. The molecule has 3 aromatic rings. The quantitative estimate of drug-likeness (QED) is 0.783. The first kappa shape index (κ1) is 14.5. The molecule has 1 saturated carbocycles. The summed E-state index contributed by atoms with van der Waals surface area (Å²) in [5.74, 6) is 3.18. The predicted octanol–water partition coefficient (Wildman–Crippen LogP) is 3.96. The third kappa shape index (κ3) is 2.76. The molecule has 126 valence electrons. The first-order valence-corrected chi connectivity index (χ1v) is 8.74. The Kier molecular flexibility index (Phi) is 3.44. The molecule has 5 heteroatoms. The summed E-state index contributed by atoms with van der Waals surface area (Å²) in [7, 11) is 0. The number of nitrogens with one attached hydrogen (secondary N) is 1. The van der Waals surface area contributed by atoms with Crippen LogP contribution in [0.15, 0.2) is 48.8 Å². The third-order valence-electron chi connectivity index (χ3n) is 4.85. The molecule has 1 N–H and O–H groups in total. The maximum absolute atomic E-state index is 5.76. The monoisotopic (exact) mass is 333 g/mol. The highest BCUT2D eigenvalue weighted by Gasteiger charge is 2.33. The van der Waals surface area contributed by atoms with Crippen LogP contribution in [-0.2, 0) is 0 Å². The van der Waals surface area contributed by atoms with Crippen LogP contribution >= 0.6 is 0 Å². The summed E-state index contributed by atoms with van der Waals surface area (Å²) >= 11 is 0. The Labute approximate surface area is 146 Å². The van der Waals surface area contributed by atoms with Crippen LogP contribution in [0, 0.1) is 5.92 Å². The number of rotatable bonds is 4. The van der Waals surface area contributed by atoms with E-state index in [9.17, 15) is 0 Å². The molecule has 0 bridgehead atoms. The number of hydrogen-bond donors (Lipinski definition) is 1. The second-order valence-electron chi connectivity index (χ2n) is 6.60.